The molecule has 2 aromatic carbocycles. The molecule has 2 heterocycles. The first kappa shape index (κ1) is 24.5. The number of nitrogens with one attached hydrogen (secondary N) is 3. The van der Waals surface area contributed by atoms with Crippen LogP contribution in [0.1, 0.15) is 28.2 Å². The van der Waals surface area contributed by atoms with Crippen LogP contribution in [-0.4, -0.2) is 36.4 Å². The van der Waals surface area contributed by atoms with Crippen molar-refractivity contribution in [2.75, 3.05) is 5.75 Å². The number of thioether (sulfide) groups is 1. The lowest BCUT2D eigenvalue weighted by atomic mass is 10.1. The van der Waals surface area contributed by atoms with Crippen molar-refractivity contribution in [1.29, 1.82) is 0 Å². The maximum absolute atomic E-state index is 12.5. The Hall–Kier alpha value is -3.63. The average Bonchev–Trinajstić information content (AvgIpc) is 3.20. The summed E-state index contributed by atoms with van der Waals surface area (Å²) < 4.78 is 1.86. The maximum Gasteiger partial charge on any atom is 0.325 e. The Bertz CT molecular complexity index is 1460. The van der Waals surface area contributed by atoms with Gasteiger partial charge in [-0.25, -0.2) is 4.79 Å². The van der Waals surface area contributed by atoms with Crippen LogP contribution in [0.5, 0.6) is 0 Å². The van der Waals surface area contributed by atoms with Crippen molar-refractivity contribution in [3.05, 3.63) is 103 Å². The van der Waals surface area contributed by atoms with E-state index in [0.29, 0.717) is 28.2 Å². The summed E-state index contributed by atoms with van der Waals surface area (Å²) in [4.78, 5) is 40.8. The molecule has 4 rings (SSSR count). The highest BCUT2D eigenvalue weighted by molar-refractivity contribution is 7.99. The number of aryl methyl sites for hydroxylation is 2. The van der Waals surface area contributed by atoms with Crippen molar-refractivity contribution in [1.82, 2.24) is 30.0 Å². The minimum Gasteiger partial charge on any atom is -0.351 e. The molecule has 0 fully saturated rings. The van der Waals surface area contributed by atoms with Crippen molar-refractivity contribution in [3.8, 4) is 5.69 Å². The molecule has 0 saturated carbocycles. The van der Waals surface area contributed by atoms with E-state index < -0.39 is 11.2 Å². The Kier molecular flexibility index (Phi) is 7.52. The Labute approximate surface area is 210 Å². The minimum atomic E-state index is -0.588. The van der Waals surface area contributed by atoms with Crippen LogP contribution in [-0.2, 0) is 17.8 Å². The normalized spacial score (nSPS) is 10.9. The van der Waals surface area contributed by atoms with Crippen LogP contribution < -0.4 is 16.6 Å². The number of nitrogens with zero attached hydrogens (tertiary/aromatic N) is 3. The Morgan fingerprint density at radius 1 is 1.09 bits per heavy atom. The lowest BCUT2D eigenvalue weighted by molar-refractivity contribution is -0.118. The molecule has 2 aromatic heterocycles. The molecule has 11 heteroatoms. The molecule has 0 aliphatic rings. The molecule has 0 aliphatic carbocycles. The largest absolute Gasteiger partial charge is 0.351 e. The number of aromatic nitrogens is 5. The van der Waals surface area contributed by atoms with Gasteiger partial charge in [-0.15, -0.1) is 10.2 Å². The van der Waals surface area contributed by atoms with Gasteiger partial charge in [0.15, 0.2) is 5.16 Å². The number of aromatic amines is 2. The van der Waals surface area contributed by atoms with Crippen LogP contribution in [0.15, 0.2) is 63.3 Å². The van der Waals surface area contributed by atoms with E-state index in [0.717, 1.165) is 22.4 Å². The molecule has 1 amide bonds. The van der Waals surface area contributed by atoms with E-state index in [9.17, 15) is 14.4 Å². The standard InChI is InChI=1S/C24H23ClN6O3S/c1-14-7-8-15(2)19(9-14)31-20(10-17-11-21(32)28-23(34)27-17)29-30-24(31)35-13-22(33)26-12-16-5-3-4-6-18(16)25/h3-9,11H,10,12-13H2,1-2H3,(H,26,33)(H2,27,28,32,34). The number of hydrogen-bond donors (Lipinski definition) is 3. The van der Waals surface area contributed by atoms with Gasteiger partial charge in [0.25, 0.3) is 5.56 Å². The molecule has 180 valence electrons. The fourth-order valence-electron chi connectivity index (χ4n) is 3.51. The van der Waals surface area contributed by atoms with Crippen molar-refractivity contribution >= 4 is 29.3 Å². The summed E-state index contributed by atoms with van der Waals surface area (Å²) in [6.45, 7) is 4.28. The first-order chi connectivity index (χ1) is 16.8. The van der Waals surface area contributed by atoms with Crippen LogP contribution in [0.4, 0.5) is 0 Å². The van der Waals surface area contributed by atoms with Crippen molar-refractivity contribution in [3.63, 3.8) is 0 Å². The van der Waals surface area contributed by atoms with Crippen LogP contribution >= 0.6 is 23.4 Å². The molecule has 35 heavy (non-hydrogen) atoms. The van der Waals surface area contributed by atoms with Gasteiger partial charge in [0.1, 0.15) is 5.82 Å². The number of hydrogen-bond acceptors (Lipinski definition) is 6. The molecule has 0 bridgehead atoms. The molecule has 0 saturated heterocycles. The summed E-state index contributed by atoms with van der Waals surface area (Å²) in [5.74, 6) is 0.472. The third-order valence-electron chi connectivity index (χ3n) is 5.24. The third kappa shape index (κ3) is 6.09. The number of H-pyrrole nitrogens is 2. The van der Waals surface area contributed by atoms with Gasteiger partial charge in [0.05, 0.1) is 11.4 Å². The summed E-state index contributed by atoms with van der Waals surface area (Å²) >= 11 is 7.41. The molecular weight excluding hydrogens is 488 g/mol. The predicted molar refractivity (Wildman–Crippen MR) is 135 cm³/mol. The van der Waals surface area contributed by atoms with Gasteiger partial charge in [-0.1, -0.05) is 53.7 Å². The zero-order valence-corrected chi connectivity index (χ0v) is 20.7. The fourth-order valence-corrected chi connectivity index (χ4v) is 4.51. The number of rotatable bonds is 8. The van der Waals surface area contributed by atoms with E-state index >= 15 is 0 Å². The number of carbonyl (C=O) groups excluding carboxylic acids is 1. The van der Waals surface area contributed by atoms with Crippen LogP contribution in [0.3, 0.4) is 0 Å². The van der Waals surface area contributed by atoms with Gasteiger partial charge in [-0.2, -0.15) is 0 Å². The van der Waals surface area contributed by atoms with E-state index in [1.54, 1.807) is 6.07 Å². The van der Waals surface area contributed by atoms with Crippen LogP contribution in [0, 0.1) is 13.8 Å². The summed E-state index contributed by atoms with van der Waals surface area (Å²) in [5, 5.41) is 12.6. The van der Waals surface area contributed by atoms with E-state index in [-0.39, 0.29) is 18.1 Å². The van der Waals surface area contributed by atoms with E-state index in [1.165, 1.54) is 17.8 Å². The second-order valence-corrected chi connectivity index (χ2v) is 9.32. The number of halogens is 1. The summed E-state index contributed by atoms with van der Waals surface area (Å²) in [7, 11) is 0. The number of amides is 1. The zero-order valence-electron chi connectivity index (χ0n) is 19.1. The quantitative estimate of drug-likeness (QED) is 0.313. The highest BCUT2D eigenvalue weighted by Gasteiger charge is 2.18. The highest BCUT2D eigenvalue weighted by atomic mass is 35.5. The molecule has 0 aliphatic heterocycles. The van der Waals surface area contributed by atoms with Gasteiger partial charge in [0, 0.05) is 29.7 Å². The van der Waals surface area contributed by atoms with Gasteiger partial charge in [0.2, 0.25) is 5.91 Å². The Balaban J connectivity index is 1.58. The Morgan fingerprint density at radius 2 is 1.89 bits per heavy atom. The maximum atomic E-state index is 12.5. The third-order valence-corrected chi connectivity index (χ3v) is 6.53. The van der Waals surface area contributed by atoms with Crippen molar-refractivity contribution < 1.29 is 4.79 Å². The molecule has 4 aromatic rings. The molecule has 0 unspecified atom stereocenters. The van der Waals surface area contributed by atoms with Gasteiger partial charge < -0.3 is 10.3 Å². The predicted octanol–water partition coefficient (Wildman–Crippen LogP) is 2.91. The molecular formula is C24H23ClN6O3S. The molecule has 0 radical (unpaired) electrons. The van der Waals surface area contributed by atoms with Crippen molar-refractivity contribution in [2.24, 2.45) is 0 Å². The first-order valence-corrected chi connectivity index (χ1v) is 12.1. The lowest BCUT2D eigenvalue weighted by Crippen LogP contribution is -2.25. The topological polar surface area (TPSA) is 126 Å². The van der Waals surface area contributed by atoms with Crippen molar-refractivity contribution in [2.45, 2.75) is 32.0 Å². The second kappa shape index (κ2) is 10.7. The van der Waals surface area contributed by atoms with Gasteiger partial charge in [-0.05, 0) is 42.7 Å². The zero-order chi connectivity index (χ0) is 24.9. The smallest absolute Gasteiger partial charge is 0.325 e. The van der Waals surface area contributed by atoms with E-state index in [4.69, 9.17) is 11.6 Å². The minimum absolute atomic E-state index is 0.120. The van der Waals surface area contributed by atoms with E-state index in [1.807, 2.05) is 54.8 Å². The van der Waals surface area contributed by atoms with Gasteiger partial charge in [-0.3, -0.25) is 19.1 Å². The SMILES string of the molecule is Cc1ccc(C)c(-n2c(Cc3cc(=O)[nH]c(=O)[nH]3)nnc2SCC(=O)NCc2ccccc2Cl)c1. The molecule has 9 nitrogen and oxygen atoms in total. The van der Waals surface area contributed by atoms with E-state index in [2.05, 4.69) is 25.5 Å². The van der Waals surface area contributed by atoms with Gasteiger partial charge >= 0.3 is 5.69 Å². The summed E-state index contributed by atoms with van der Waals surface area (Å²) in [6.07, 6.45) is 0.179. The fraction of sp³-hybridized carbons (Fsp3) is 0.208. The average molecular weight is 511 g/mol. The summed E-state index contributed by atoms with van der Waals surface area (Å²) in [6, 6.07) is 14.7. The molecule has 3 N–H and O–H groups in total. The molecule has 0 atom stereocenters. The monoisotopic (exact) mass is 510 g/mol. The second-order valence-electron chi connectivity index (χ2n) is 7.97. The Morgan fingerprint density at radius 3 is 2.66 bits per heavy atom. The molecule has 0 spiro atoms. The number of carbonyl (C=O) groups is 1. The highest BCUT2D eigenvalue weighted by Crippen LogP contribution is 2.26. The summed E-state index contributed by atoms with van der Waals surface area (Å²) in [5.41, 5.74) is 3.05. The first-order valence-electron chi connectivity index (χ1n) is 10.8. The lowest BCUT2D eigenvalue weighted by Gasteiger charge is -2.14. The van der Waals surface area contributed by atoms with Crippen LogP contribution in [0.25, 0.3) is 5.69 Å². The number of benzene rings is 2. The van der Waals surface area contributed by atoms with Crippen LogP contribution in [0.2, 0.25) is 5.02 Å².